The molecule has 0 spiro atoms. The normalized spacial score (nSPS) is 18.2. The number of nitro groups is 1. The van der Waals surface area contributed by atoms with E-state index in [9.17, 15) is 10.1 Å². The molecule has 3 nitrogen and oxygen atoms in total. The van der Waals surface area contributed by atoms with Gasteiger partial charge in [-0.1, -0.05) is 53.5 Å². The molecule has 1 aliphatic rings. The van der Waals surface area contributed by atoms with Gasteiger partial charge in [-0.05, 0) is 17.7 Å². The van der Waals surface area contributed by atoms with Gasteiger partial charge in [0.25, 0.3) is 5.70 Å². The lowest BCUT2D eigenvalue weighted by molar-refractivity contribution is -0.427. The number of hydrogen-bond donors (Lipinski definition) is 0. The summed E-state index contributed by atoms with van der Waals surface area (Å²) in [5.74, 6) is 0. The molecule has 0 N–H and O–H groups in total. The van der Waals surface area contributed by atoms with E-state index < -0.39 is 9.26 Å². The maximum atomic E-state index is 11.0. The highest BCUT2D eigenvalue weighted by Crippen LogP contribution is 2.39. The van der Waals surface area contributed by atoms with Crippen molar-refractivity contribution in [3.8, 4) is 0 Å². The van der Waals surface area contributed by atoms with Crippen LogP contribution in [0.15, 0.2) is 48.2 Å². The van der Waals surface area contributed by atoms with Gasteiger partial charge in [0.05, 0.1) is 16.9 Å². The predicted octanol–water partition coefficient (Wildman–Crippen LogP) is 3.81. The first-order valence-corrected chi connectivity index (χ1v) is 5.75. The molecular weight excluding hydrogens is 261 g/mol. The van der Waals surface area contributed by atoms with Crippen LogP contribution in [0.25, 0.3) is 5.57 Å². The van der Waals surface area contributed by atoms with E-state index in [0.717, 1.165) is 5.56 Å². The van der Waals surface area contributed by atoms with Crippen molar-refractivity contribution in [2.45, 2.75) is 10.8 Å². The van der Waals surface area contributed by atoms with Crippen molar-refractivity contribution in [3.63, 3.8) is 0 Å². The molecular formula is C12H9Cl2NO2. The molecule has 0 saturated carbocycles. The highest BCUT2D eigenvalue weighted by molar-refractivity contribution is 6.50. The summed E-state index contributed by atoms with van der Waals surface area (Å²) in [6.45, 7) is 0. The highest BCUT2D eigenvalue weighted by atomic mass is 35.5. The third-order valence-corrected chi connectivity index (χ3v) is 3.03. The minimum absolute atomic E-state index is 0.00381. The van der Waals surface area contributed by atoms with Gasteiger partial charge < -0.3 is 0 Å². The van der Waals surface area contributed by atoms with Crippen LogP contribution in [-0.4, -0.2) is 9.26 Å². The van der Waals surface area contributed by atoms with E-state index in [1.807, 2.05) is 30.3 Å². The Hall–Kier alpha value is -1.32. The third kappa shape index (κ3) is 2.68. The second-order valence-electron chi connectivity index (χ2n) is 3.75. The van der Waals surface area contributed by atoms with Gasteiger partial charge >= 0.3 is 0 Å². The van der Waals surface area contributed by atoms with Gasteiger partial charge in [-0.3, -0.25) is 10.1 Å². The summed E-state index contributed by atoms with van der Waals surface area (Å²) in [6.07, 6.45) is 3.19. The molecule has 0 amide bonds. The van der Waals surface area contributed by atoms with Crippen LogP contribution in [0, 0.1) is 10.1 Å². The third-order valence-electron chi connectivity index (χ3n) is 2.51. The summed E-state index contributed by atoms with van der Waals surface area (Å²) in [5.41, 5.74) is 1.40. The SMILES string of the molecule is O=[N+]([O-])C1=C(c2ccccc2)C=CC(Cl)(Cl)C1. The summed E-state index contributed by atoms with van der Waals surface area (Å²) < 4.78 is -1.19. The van der Waals surface area contributed by atoms with Gasteiger partial charge in [-0.25, -0.2) is 0 Å². The number of nitrogens with zero attached hydrogens (tertiary/aromatic N) is 1. The van der Waals surface area contributed by atoms with Gasteiger partial charge in [-0.15, -0.1) is 0 Å². The van der Waals surface area contributed by atoms with Crippen LogP contribution in [0.3, 0.4) is 0 Å². The van der Waals surface area contributed by atoms with Crippen LogP contribution in [0.4, 0.5) is 0 Å². The van der Waals surface area contributed by atoms with Crippen molar-refractivity contribution in [3.05, 3.63) is 63.9 Å². The molecule has 1 aromatic carbocycles. The first-order chi connectivity index (χ1) is 7.99. The van der Waals surface area contributed by atoms with Gasteiger partial charge in [0, 0.05) is 0 Å². The molecule has 0 unspecified atom stereocenters. The number of rotatable bonds is 2. The molecule has 0 saturated heterocycles. The molecule has 0 heterocycles. The maximum absolute atomic E-state index is 11.0. The van der Waals surface area contributed by atoms with E-state index in [2.05, 4.69) is 0 Å². The topological polar surface area (TPSA) is 43.1 Å². The van der Waals surface area contributed by atoms with Crippen molar-refractivity contribution in [2.75, 3.05) is 0 Å². The lowest BCUT2D eigenvalue weighted by Crippen LogP contribution is -2.18. The average Bonchev–Trinajstić information content (AvgIpc) is 2.29. The molecule has 0 atom stereocenters. The predicted molar refractivity (Wildman–Crippen MR) is 68.6 cm³/mol. The van der Waals surface area contributed by atoms with Crippen molar-refractivity contribution in [2.24, 2.45) is 0 Å². The van der Waals surface area contributed by atoms with E-state index in [1.54, 1.807) is 12.2 Å². The summed E-state index contributed by atoms with van der Waals surface area (Å²) in [6, 6.07) is 9.15. The van der Waals surface area contributed by atoms with Gasteiger partial charge in [0.1, 0.15) is 4.33 Å². The summed E-state index contributed by atoms with van der Waals surface area (Å²) in [4.78, 5) is 10.6. The summed E-state index contributed by atoms with van der Waals surface area (Å²) in [5, 5.41) is 11.0. The standard InChI is InChI=1S/C12H9Cl2NO2/c13-12(14)7-6-10(11(8-12)15(16)17)9-4-2-1-3-5-9/h1-7H,8H2. The first kappa shape index (κ1) is 12.1. The van der Waals surface area contributed by atoms with Crippen molar-refractivity contribution < 1.29 is 4.92 Å². The lowest BCUT2D eigenvalue weighted by Gasteiger charge is -2.19. The fraction of sp³-hybridized carbons (Fsp3) is 0.167. The Balaban J connectivity index is 2.50. The van der Waals surface area contributed by atoms with Crippen molar-refractivity contribution in [1.29, 1.82) is 0 Å². The minimum atomic E-state index is -1.19. The largest absolute Gasteiger partial charge is 0.259 e. The molecule has 0 bridgehead atoms. The zero-order chi connectivity index (χ0) is 12.5. The van der Waals surface area contributed by atoms with Crippen LogP contribution >= 0.6 is 23.2 Å². The lowest BCUT2D eigenvalue weighted by atomic mass is 9.96. The molecule has 0 radical (unpaired) electrons. The number of hydrogen-bond acceptors (Lipinski definition) is 2. The van der Waals surface area contributed by atoms with Crippen LogP contribution in [-0.2, 0) is 0 Å². The van der Waals surface area contributed by atoms with Crippen molar-refractivity contribution >= 4 is 28.8 Å². The Morgan fingerprint density at radius 1 is 1.24 bits per heavy atom. The monoisotopic (exact) mass is 269 g/mol. The van der Waals surface area contributed by atoms with Crippen LogP contribution < -0.4 is 0 Å². The molecule has 88 valence electrons. The Labute approximate surface area is 108 Å². The zero-order valence-corrected chi connectivity index (χ0v) is 10.3. The smallest absolute Gasteiger partial charge is 0.257 e. The molecule has 5 heteroatoms. The van der Waals surface area contributed by atoms with E-state index in [4.69, 9.17) is 23.2 Å². The van der Waals surface area contributed by atoms with E-state index in [0.29, 0.717) is 5.57 Å². The molecule has 0 fully saturated rings. The summed E-state index contributed by atoms with van der Waals surface area (Å²) >= 11 is 11.8. The second kappa shape index (κ2) is 4.51. The number of alkyl halides is 2. The van der Waals surface area contributed by atoms with E-state index >= 15 is 0 Å². The molecule has 1 aliphatic carbocycles. The number of benzene rings is 1. The maximum Gasteiger partial charge on any atom is 0.257 e. The quantitative estimate of drug-likeness (QED) is 0.466. The number of allylic oxidation sites excluding steroid dienone is 4. The molecule has 2 rings (SSSR count). The average molecular weight is 270 g/mol. The Morgan fingerprint density at radius 3 is 2.47 bits per heavy atom. The Kier molecular flexibility index (Phi) is 3.22. The van der Waals surface area contributed by atoms with Gasteiger partial charge in [0.2, 0.25) is 0 Å². The zero-order valence-electron chi connectivity index (χ0n) is 8.77. The molecule has 17 heavy (non-hydrogen) atoms. The van der Waals surface area contributed by atoms with Crippen molar-refractivity contribution in [1.82, 2.24) is 0 Å². The molecule has 0 aliphatic heterocycles. The highest BCUT2D eigenvalue weighted by Gasteiger charge is 2.34. The van der Waals surface area contributed by atoms with Crippen LogP contribution in [0.2, 0.25) is 0 Å². The Bertz CT molecular complexity index is 506. The molecule has 0 aromatic heterocycles. The van der Waals surface area contributed by atoms with Gasteiger partial charge in [-0.2, -0.15) is 0 Å². The first-order valence-electron chi connectivity index (χ1n) is 5.00. The second-order valence-corrected chi connectivity index (χ2v) is 5.30. The fourth-order valence-electron chi connectivity index (χ4n) is 1.72. The van der Waals surface area contributed by atoms with E-state index in [1.165, 1.54) is 0 Å². The van der Waals surface area contributed by atoms with Crippen LogP contribution in [0.1, 0.15) is 12.0 Å². The minimum Gasteiger partial charge on any atom is -0.259 e. The van der Waals surface area contributed by atoms with E-state index in [-0.39, 0.29) is 12.1 Å². The molecule has 1 aromatic rings. The van der Waals surface area contributed by atoms with Gasteiger partial charge in [0.15, 0.2) is 0 Å². The summed E-state index contributed by atoms with van der Waals surface area (Å²) in [7, 11) is 0. The Morgan fingerprint density at radius 2 is 1.88 bits per heavy atom. The number of halogens is 2. The van der Waals surface area contributed by atoms with Crippen LogP contribution in [0.5, 0.6) is 0 Å². The fourth-order valence-corrected chi connectivity index (χ4v) is 2.10.